The number of rotatable bonds is 10. The Labute approximate surface area is 184 Å². The first-order chi connectivity index (χ1) is 15.1. The van der Waals surface area contributed by atoms with Crippen molar-refractivity contribution in [2.75, 3.05) is 20.3 Å². The highest BCUT2D eigenvalue weighted by Gasteiger charge is 2.12. The van der Waals surface area contributed by atoms with Crippen molar-refractivity contribution in [3.05, 3.63) is 60.3 Å². The van der Waals surface area contributed by atoms with E-state index in [4.69, 9.17) is 9.47 Å². The molecule has 7 nitrogen and oxygen atoms in total. The van der Waals surface area contributed by atoms with Crippen LogP contribution in [0, 0.1) is 0 Å². The summed E-state index contributed by atoms with van der Waals surface area (Å²) in [5.74, 6) is 0.857. The Morgan fingerprint density at radius 1 is 0.935 bits per heavy atom. The van der Waals surface area contributed by atoms with Crippen molar-refractivity contribution in [1.82, 2.24) is 14.6 Å². The molecule has 0 atom stereocenters. The van der Waals surface area contributed by atoms with Crippen LogP contribution in [0.5, 0.6) is 5.75 Å². The molecule has 2 aromatic heterocycles. The zero-order chi connectivity index (χ0) is 21.6. The molecule has 162 valence electrons. The molecule has 4 aromatic rings. The summed E-state index contributed by atoms with van der Waals surface area (Å²) in [7, 11) is 1.72. The summed E-state index contributed by atoms with van der Waals surface area (Å²) < 4.78 is 12.6. The molecule has 0 aliphatic heterocycles. The SMILES string of the molecule is COCCCCCOc1ccc(-c2nn3cc(-c4ccc(C(O)O)cc4)nc3s2)cc1. The number of imidazole rings is 1. The standard InChI is InChI=1S/C23H25N3O4S/c1-29-13-3-2-4-14-30-19-11-9-17(10-12-19)21-25-26-15-20(24-23(26)31-21)16-5-7-18(8-6-16)22(27)28/h5-12,15,22,27-28H,2-4,13-14H2,1H3. The summed E-state index contributed by atoms with van der Waals surface area (Å²) in [5, 5.41) is 24.0. The molecule has 4 rings (SSSR count). The lowest BCUT2D eigenvalue weighted by atomic mass is 10.1. The quantitative estimate of drug-likeness (QED) is 0.283. The molecule has 31 heavy (non-hydrogen) atoms. The van der Waals surface area contributed by atoms with Crippen molar-refractivity contribution in [1.29, 1.82) is 0 Å². The number of methoxy groups -OCH3 is 1. The number of ether oxygens (including phenoxy) is 2. The minimum Gasteiger partial charge on any atom is -0.494 e. The van der Waals surface area contributed by atoms with Crippen molar-refractivity contribution >= 4 is 16.3 Å². The monoisotopic (exact) mass is 439 g/mol. The van der Waals surface area contributed by atoms with Gasteiger partial charge in [-0.05, 0) is 43.5 Å². The Kier molecular flexibility index (Phi) is 6.93. The topological polar surface area (TPSA) is 89.1 Å². The third kappa shape index (κ3) is 5.29. The van der Waals surface area contributed by atoms with Gasteiger partial charge in [-0.25, -0.2) is 9.50 Å². The highest BCUT2D eigenvalue weighted by Crippen LogP contribution is 2.29. The Hall–Kier alpha value is -2.78. The average Bonchev–Trinajstić information content (AvgIpc) is 3.36. The maximum atomic E-state index is 9.22. The normalized spacial score (nSPS) is 11.5. The van der Waals surface area contributed by atoms with E-state index < -0.39 is 6.29 Å². The molecule has 2 aromatic carbocycles. The van der Waals surface area contributed by atoms with Gasteiger partial charge in [0.25, 0.3) is 0 Å². The van der Waals surface area contributed by atoms with E-state index in [0.717, 1.165) is 58.4 Å². The summed E-state index contributed by atoms with van der Waals surface area (Å²) in [4.78, 5) is 5.45. The van der Waals surface area contributed by atoms with Crippen molar-refractivity contribution in [2.24, 2.45) is 0 Å². The summed E-state index contributed by atoms with van der Waals surface area (Å²) in [6, 6.07) is 15.0. The van der Waals surface area contributed by atoms with E-state index in [1.165, 1.54) is 11.3 Å². The lowest BCUT2D eigenvalue weighted by molar-refractivity contribution is -0.0424. The first-order valence-electron chi connectivity index (χ1n) is 10.2. The van der Waals surface area contributed by atoms with Crippen LogP contribution in [0.1, 0.15) is 31.1 Å². The second-order valence-corrected chi connectivity index (χ2v) is 8.14. The van der Waals surface area contributed by atoms with Gasteiger partial charge in [-0.3, -0.25) is 0 Å². The highest BCUT2D eigenvalue weighted by atomic mass is 32.1. The summed E-state index contributed by atoms with van der Waals surface area (Å²) >= 11 is 1.52. The fourth-order valence-corrected chi connectivity index (χ4v) is 4.08. The molecular formula is C23H25N3O4S. The number of aliphatic hydroxyl groups excluding tert-OH is 1. The van der Waals surface area contributed by atoms with Crippen molar-refractivity contribution in [2.45, 2.75) is 25.6 Å². The van der Waals surface area contributed by atoms with Crippen LogP contribution in [0.15, 0.2) is 54.7 Å². The maximum absolute atomic E-state index is 9.22. The van der Waals surface area contributed by atoms with Crippen LogP contribution in [0.2, 0.25) is 0 Å². The zero-order valence-electron chi connectivity index (χ0n) is 17.3. The largest absolute Gasteiger partial charge is 0.494 e. The van der Waals surface area contributed by atoms with Crippen LogP contribution in [-0.2, 0) is 4.74 Å². The van der Waals surface area contributed by atoms with Crippen LogP contribution in [0.25, 0.3) is 26.8 Å². The van der Waals surface area contributed by atoms with E-state index in [0.29, 0.717) is 12.2 Å². The van der Waals surface area contributed by atoms with Crippen LogP contribution < -0.4 is 4.74 Å². The molecule has 2 N–H and O–H groups in total. The number of unbranched alkanes of at least 4 members (excludes halogenated alkanes) is 2. The van der Waals surface area contributed by atoms with Crippen LogP contribution in [0.3, 0.4) is 0 Å². The van der Waals surface area contributed by atoms with E-state index in [-0.39, 0.29) is 0 Å². The van der Waals surface area contributed by atoms with Gasteiger partial charge in [0.15, 0.2) is 6.29 Å². The molecule has 0 unspecified atom stereocenters. The van der Waals surface area contributed by atoms with Crippen LogP contribution in [-0.4, -0.2) is 45.1 Å². The van der Waals surface area contributed by atoms with Gasteiger partial charge in [0.05, 0.1) is 18.5 Å². The molecule has 0 radical (unpaired) electrons. The van der Waals surface area contributed by atoms with Crippen LogP contribution in [0.4, 0.5) is 0 Å². The number of aromatic nitrogens is 3. The number of aliphatic hydroxyl groups is 2. The Balaban J connectivity index is 1.39. The molecule has 0 bridgehead atoms. The van der Waals surface area contributed by atoms with E-state index in [2.05, 4.69) is 10.1 Å². The molecule has 0 fully saturated rings. The molecule has 0 amide bonds. The van der Waals surface area contributed by atoms with Gasteiger partial charge in [0.1, 0.15) is 10.8 Å². The highest BCUT2D eigenvalue weighted by molar-refractivity contribution is 7.19. The lowest BCUT2D eigenvalue weighted by Gasteiger charge is -2.06. The average molecular weight is 440 g/mol. The number of nitrogens with zero attached hydrogens (tertiary/aromatic N) is 3. The van der Waals surface area contributed by atoms with Crippen molar-refractivity contribution in [3.63, 3.8) is 0 Å². The lowest BCUT2D eigenvalue weighted by Crippen LogP contribution is -1.98. The predicted octanol–water partition coefficient (Wildman–Crippen LogP) is 4.30. The minimum absolute atomic E-state index is 0.448. The van der Waals surface area contributed by atoms with Crippen molar-refractivity contribution < 1.29 is 19.7 Å². The number of fused-ring (bicyclic) bond motifs is 1. The maximum Gasteiger partial charge on any atom is 0.213 e. The van der Waals surface area contributed by atoms with Crippen LogP contribution >= 0.6 is 11.3 Å². The molecular weight excluding hydrogens is 414 g/mol. The minimum atomic E-state index is -1.47. The Morgan fingerprint density at radius 2 is 1.65 bits per heavy atom. The van der Waals surface area contributed by atoms with Gasteiger partial charge < -0.3 is 19.7 Å². The zero-order valence-corrected chi connectivity index (χ0v) is 18.1. The van der Waals surface area contributed by atoms with Gasteiger partial charge in [-0.2, -0.15) is 5.10 Å². The summed E-state index contributed by atoms with van der Waals surface area (Å²) in [5.41, 5.74) is 3.15. The fourth-order valence-electron chi connectivity index (χ4n) is 3.19. The molecule has 0 saturated heterocycles. The van der Waals surface area contributed by atoms with Gasteiger partial charge in [-0.1, -0.05) is 35.6 Å². The molecule has 2 heterocycles. The second kappa shape index (κ2) is 10.0. The molecule has 0 spiro atoms. The van der Waals surface area contributed by atoms with E-state index >= 15 is 0 Å². The summed E-state index contributed by atoms with van der Waals surface area (Å²) in [6.07, 6.45) is 3.58. The Morgan fingerprint density at radius 3 is 2.32 bits per heavy atom. The fraction of sp³-hybridized carbons (Fsp3) is 0.304. The van der Waals surface area contributed by atoms with E-state index in [9.17, 15) is 10.2 Å². The number of hydrogen-bond acceptors (Lipinski definition) is 7. The van der Waals surface area contributed by atoms with Gasteiger partial charge in [-0.15, -0.1) is 0 Å². The third-order valence-corrected chi connectivity index (χ3v) is 5.88. The first kappa shape index (κ1) is 21.5. The Bertz CT molecular complexity index is 1070. The molecule has 8 heteroatoms. The predicted molar refractivity (Wildman–Crippen MR) is 120 cm³/mol. The van der Waals surface area contributed by atoms with Gasteiger partial charge in [0.2, 0.25) is 4.96 Å². The third-order valence-electron chi connectivity index (χ3n) is 4.91. The van der Waals surface area contributed by atoms with E-state index in [1.807, 2.05) is 42.6 Å². The second-order valence-electron chi connectivity index (χ2n) is 7.18. The van der Waals surface area contributed by atoms with Gasteiger partial charge >= 0.3 is 0 Å². The summed E-state index contributed by atoms with van der Waals surface area (Å²) in [6.45, 7) is 1.50. The number of hydrogen-bond donors (Lipinski definition) is 2. The number of benzene rings is 2. The first-order valence-corrected chi connectivity index (χ1v) is 11.0. The molecule has 0 aliphatic rings. The van der Waals surface area contributed by atoms with Gasteiger partial charge in [0, 0.05) is 30.4 Å². The molecule has 0 saturated carbocycles. The smallest absolute Gasteiger partial charge is 0.213 e. The van der Waals surface area contributed by atoms with E-state index in [1.54, 1.807) is 23.8 Å². The van der Waals surface area contributed by atoms with Crippen molar-refractivity contribution in [3.8, 4) is 27.6 Å². The molecule has 0 aliphatic carbocycles.